The summed E-state index contributed by atoms with van der Waals surface area (Å²) in [6.07, 6.45) is 2.73. The molecule has 0 aliphatic carbocycles. The first-order chi connectivity index (χ1) is 13.5. The number of nitrogens with zero attached hydrogens (tertiary/aromatic N) is 2. The zero-order valence-corrected chi connectivity index (χ0v) is 17.7. The number of aliphatic imine (C=N–C) groups is 1. The van der Waals surface area contributed by atoms with E-state index >= 15 is 0 Å². The summed E-state index contributed by atoms with van der Waals surface area (Å²) in [5.41, 5.74) is 1.31. The van der Waals surface area contributed by atoms with Gasteiger partial charge < -0.3 is 19.8 Å². The summed E-state index contributed by atoms with van der Waals surface area (Å²) in [6.45, 7) is 6.63. The van der Waals surface area contributed by atoms with Crippen molar-refractivity contribution in [1.29, 1.82) is 0 Å². The van der Waals surface area contributed by atoms with E-state index in [2.05, 4.69) is 41.5 Å². The lowest BCUT2D eigenvalue weighted by Gasteiger charge is -2.21. The second-order valence-electron chi connectivity index (χ2n) is 7.10. The van der Waals surface area contributed by atoms with Crippen LogP contribution in [0.1, 0.15) is 43.6 Å². The Morgan fingerprint density at radius 2 is 1.93 bits per heavy atom. The highest BCUT2D eigenvalue weighted by Gasteiger charge is 2.16. The van der Waals surface area contributed by atoms with Gasteiger partial charge in [-0.15, -0.1) is 0 Å². The Morgan fingerprint density at radius 1 is 1.18 bits per heavy atom. The van der Waals surface area contributed by atoms with E-state index in [0.29, 0.717) is 12.5 Å². The van der Waals surface area contributed by atoms with E-state index in [0.717, 1.165) is 37.0 Å². The van der Waals surface area contributed by atoms with E-state index in [1.165, 1.54) is 5.56 Å². The highest BCUT2D eigenvalue weighted by molar-refractivity contribution is 5.79. The third-order valence-electron chi connectivity index (χ3n) is 4.82. The van der Waals surface area contributed by atoms with Gasteiger partial charge in [-0.1, -0.05) is 19.1 Å². The summed E-state index contributed by atoms with van der Waals surface area (Å²) in [5, 5.41) is 6.77. The van der Waals surface area contributed by atoms with Gasteiger partial charge in [-0.3, -0.25) is 9.89 Å². The van der Waals surface area contributed by atoms with Crippen LogP contribution in [0.25, 0.3) is 0 Å². The summed E-state index contributed by atoms with van der Waals surface area (Å²) >= 11 is 0. The van der Waals surface area contributed by atoms with E-state index in [-0.39, 0.29) is 6.04 Å². The van der Waals surface area contributed by atoms with Crippen molar-refractivity contribution >= 4 is 5.96 Å². The summed E-state index contributed by atoms with van der Waals surface area (Å²) in [6, 6.07) is 12.3. The molecule has 0 spiro atoms. The largest absolute Gasteiger partial charge is 0.497 e. The number of furan rings is 1. The van der Waals surface area contributed by atoms with Gasteiger partial charge in [-0.05, 0) is 63.2 Å². The molecule has 0 aliphatic rings. The van der Waals surface area contributed by atoms with Crippen molar-refractivity contribution in [2.45, 2.75) is 32.2 Å². The summed E-state index contributed by atoms with van der Waals surface area (Å²) < 4.78 is 10.8. The van der Waals surface area contributed by atoms with Gasteiger partial charge in [-0.2, -0.15) is 0 Å². The maximum Gasteiger partial charge on any atom is 0.191 e. The van der Waals surface area contributed by atoms with Crippen LogP contribution in [0.15, 0.2) is 52.1 Å². The molecule has 0 fully saturated rings. The molecule has 0 radical (unpaired) electrons. The third-order valence-corrected chi connectivity index (χ3v) is 4.82. The van der Waals surface area contributed by atoms with E-state index in [1.807, 2.05) is 38.4 Å². The quantitative estimate of drug-likeness (QED) is 0.482. The number of methoxy groups -OCH3 is 1. The molecule has 1 heterocycles. The van der Waals surface area contributed by atoms with Gasteiger partial charge in [0.05, 0.1) is 26.0 Å². The predicted molar refractivity (Wildman–Crippen MR) is 115 cm³/mol. The van der Waals surface area contributed by atoms with Gasteiger partial charge in [-0.25, -0.2) is 0 Å². The van der Waals surface area contributed by atoms with Gasteiger partial charge in [0.1, 0.15) is 11.5 Å². The zero-order chi connectivity index (χ0) is 20.4. The van der Waals surface area contributed by atoms with Crippen LogP contribution < -0.4 is 15.4 Å². The van der Waals surface area contributed by atoms with Crippen molar-refractivity contribution in [3.63, 3.8) is 0 Å². The average molecular weight is 387 g/mol. The number of nitrogens with one attached hydrogen (secondary N) is 2. The van der Waals surface area contributed by atoms with Crippen LogP contribution in [-0.4, -0.2) is 51.7 Å². The smallest absolute Gasteiger partial charge is 0.191 e. The average Bonchev–Trinajstić information content (AvgIpc) is 3.22. The highest BCUT2D eigenvalue weighted by atomic mass is 16.5. The molecular formula is C22H34N4O2. The van der Waals surface area contributed by atoms with Gasteiger partial charge >= 0.3 is 0 Å². The Labute approximate surface area is 169 Å². The van der Waals surface area contributed by atoms with Crippen LogP contribution in [0.5, 0.6) is 5.75 Å². The minimum absolute atomic E-state index is 0.115. The molecule has 2 rings (SSSR count). The summed E-state index contributed by atoms with van der Waals surface area (Å²) in [4.78, 5) is 6.88. The van der Waals surface area contributed by atoms with Gasteiger partial charge in [0.2, 0.25) is 0 Å². The lowest BCUT2D eigenvalue weighted by molar-refractivity contribution is 0.265. The SMILES string of the molecule is CCNC(=NCC(c1ccco1)N(C)C)NCCC(C)c1ccc(OC)cc1. The topological polar surface area (TPSA) is 62.0 Å². The predicted octanol–water partition coefficient (Wildman–Crippen LogP) is 3.64. The van der Waals surface area contributed by atoms with Crippen molar-refractivity contribution in [3.05, 3.63) is 54.0 Å². The molecular weight excluding hydrogens is 352 g/mol. The van der Waals surface area contributed by atoms with Crippen molar-refractivity contribution in [2.24, 2.45) is 4.99 Å². The standard InChI is InChI=1S/C22H34N4O2/c1-6-23-22(25-16-20(26(3)4)21-8-7-15-28-21)24-14-13-17(2)18-9-11-19(27-5)12-10-18/h7-12,15,17,20H,6,13-14,16H2,1-5H3,(H2,23,24,25). The number of rotatable bonds is 10. The molecule has 0 amide bonds. The summed E-state index contributed by atoms with van der Waals surface area (Å²) in [7, 11) is 5.77. The normalized spacial score (nSPS) is 14.0. The summed E-state index contributed by atoms with van der Waals surface area (Å²) in [5.74, 6) is 3.11. The van der Waals surface area contributed by atoms with Crippen LogP contribution in [0, 0.1) is 0 Å². The van der Waals surface area contributed by atoms with Crippen molar-refractivity contribution in [3.8, 4) is 5.75 Å². The van der Waals surface area contributed by atoms with Crippen molar-refractivity contribution in [2.75, 3.05) is 40.8 Å². The number of benzene rings is 1. The Morgan fingerprint density at radius 3 is 2.50 bits per heavy atom. The number of guanidine groups is 1. The second-order valence-corrected chi connectivity index (χ2v) is 7.10. The van der Waals surface area contributed by atoms with Crippen molar-refractivity contribution in [1.82, 2.24) is 15.5 Å². The van der Waals surface area contributed by atoms with Crippen LogP contribution in [0.4, 0.5) is 0 Å². The first-order valence-corrected chi connectivity index (χ1v) is 9.91. The van der Waals surface area contributed by atoms with E-state index in [4.69, 9.17) is 14.1 Å². The van der Waals surface area contributed by atoms with Crippen LogP contribution >= 0.6 is 0 Å². The number of hydrogen-bond acceptors (Lipinski definition) is 4. The number of ether oxygens (including phenoxy) is 1. The molecule has 0 bridgehead atoms. The molecule has 1 aromatic carbocycles. The lowest BCUT2D eigenvalue weighted by atomic mass is 9.98. The lowest BCUT2D eigenvalue weighted by Crippen LogP contribution is -2.38. The molecule has 2 atom stereocenters. The second kappa shape index (κ2) is 11.4. The first-order valence-electron chi connectivity index (χ1n) is 9.91. The minimum Gasteiger partial charge on any atom is -0.497 e. The van der Waals surface area contributed by atoms with E-state index in [1.54, 1.807) is 13.4 Å². The fourth-order valence-corrected chi connectivity index (χ4v) is 3.01. The number of hydrogen-bond donors (Lipinski definition) is 2. The minimum atomic E-state index is 0.115. The molecule has 2 aromatic rings. The Balaban J connectivity index is 1.89. The molecule has 154 valence electrons. The maximum absolute atomic E-state index is 5.57. The molecule has 1 aromatic heterocycles. The highest BCUT2D eigenvalue weighted by Crippen LogP contribution is 2.21. The van der Waals surface area contributed by atoms with Crippen LogP contribution in [0.2, 0.25) is 0 Å². The zero-order valence-electron chi connectivity index (χ0n) is 17.7. The Kier molecular flexibility index (Phi) is 8.88. The van der Waals surface area contributed by atoms with Gasteiger partial charge in [0, 0.05) is 13.1 Å². The fourth-order valence-electron chi connectivity index (χ4n) is 3.01. The van der Waals surface area contributed by atoms with E-state index in [9.17, 15) is 0 Å². The molecule has 0 saturated heterocycles. The van der Waals surface area contributed by atoms with E-state index < -0.39 is 0 Å². The van der Waals surface area contributed by atoms with Crippen LogP contribution in [0.3, 0.4) is 0 Å². The molecule has 6 nitrogen and oxygen atoms in total. The molecule has 2 unspecified atom stereocenters. The molecule has 6 heteroatoms. The van der Waals surface area contributed by atoms with Gasteiger partial charge in [0.15, 0.2) is 5.96 Å². The first kappa shape index (κ1) is 21.8. The Hall–Kier alpha value is -2.47. The monoisotopic (exact) mass is 386 g/mol. The van der Waals surface area contributed by atoms with Crippen molar-refractivity contribution < 1.29 is 9.15 Å². The van der Waals surface area contributed by atoms with Crippen LogP contribution in [-0.2, 0) is 0 Å². The molecule has 28 heavy (non-hydrogen) atoms. The van der Waals surface area contributed by atoms with Gasteiger partial charge in [0.25, 0.3) is 0 Å². The number of likely N-dealkylation sites (N-methyl/N-ethyl adjacent to an activating group) is 1. The molecule has 0 aliphatic heterocycles. The third kappa shape index (κ3) is 6.60. The fraction of sp³-hybridized carbons (Fsp3) is 0.500. The molecule has 0 saturated carbocycles. The maximum atomic E-state index is 5.57. The molecule has 2 N–H and O–H groups in total. The Bertz CT molecular complexity index is 696.